The largest absolute Gasteiger partial charge is 0.491 e. The molecule has 0 unspecified atom stereocenters. The molecular formula is C27H29N5O4S. The number of likely N-dealkylation sites (tertiary alicyclic amines) is 1. The number of aromatic nitrogens is 1. The Kier molecular flexibility index (Phi) is 6.59. The molecule has 0 radical (unpaired) electrons. The van der Waals surface area contributed by atoms with Crippen molar-refractivity contribution >= 4 is 56.5 Å². The van der Waals surface area contributed by atoms with Crippen LogP contribution in [-0.2, 0) is 4.79 Å². The first-order valence-electron chi connectivity index (χ1n) is 12.3. The molecule has 0 bridgehead atoms. The van der Waals surface area contributed by atoms with Crippen molar-refractivity contribution in [2.45, 2.75) is 45.8 Å². The third-order valence-corrected chi connectivity index (χ3v) is 7.57. The molecule has 2 aliphatic heterocycles. The minimum absolute atomic E-state index is 0.0421. The fraction of sp³-hybridized carbons (Fsp3) is 0.333. The number of urea groups is 1. The van der Waals surface area contributed by atoms with Gasteiger partial charge in [0.15, 0.2) is 0 Å². The number of hydrogen-bond donors (Lipinski definition) is 2. The molecule has 1 fully saturated rings. The zero-order chi connectivity index (χ0) is 26.3. The third-order valence-electron chi connectivity index (χ3n) is 6.48. The Bertz CT molecular complexity index is 1420. The monoisotopic (exact) mass is 519 g/mol. The molecule has 37 heavy (non-hydrogen) atoms. The number of aryl methyl sites for hydroxylation is 1. The number of rotatable bonds is 6. The minimum atomic E-state index is -0.353. The SMILES string of the molecule is C=CC(=O)N1CCC[C@@H](NC(=O)c2sc3nccc4c3c2NC(=O)N4c2ccc(OC(C)C)cc2C)C1. The molecule has 4 amide bonds. The van der Waals surface area contributed by atoms with E-state index in [1.807, 2.05) is 39.0 Å². The molecule has 1 aromatic carbocycles. The van der Waals surface area contributed by atoms with Crippen molar-refractivity contribution in [1.29, 1.82) is 0 Å². The van der Waals surface area contributed by atoms with Gasteiger partial charge in [-0.05, 0) is 69.5 Å². The van der Waals surface area contributed by atoms with Gasteiger partial charge in [-0.3, -0.25) is 14.5 Å². The van der Waals surface area contributed by atoms with Crippen LogP contribution in [0.25, 0.3) is 10.2 Å². The summed E-state index contributed by atoms with van der Waals surface area (Å²) in [5.41, 5.74) is 2.73. The van der Waals surface area contributed by atoms with E-state index in [2.05, 4.69) is 22.2 Å². The summed E-state index contributed by atoms with van der Waals surface area (Å²) in [4.78, 5) is 47.6. The van der Waals surface area contributed by atoms with Crippen molar-refractivity contribution in [3.8, 4) is 5.75 Å². The Labute approximate surface area is 219 Å². The Morgan fingerprint density at radius 3 is 2.84 bits per heavy atom. The summed E-state index contributed by atoms with van der Waals surface area (Å²) in [5, 5.41) is 6.71. The number of carbonyl (C=O) groups is 3. The van der Waals surface area contributed by atoms with Gasteiger partial charge in [-0.2, -0.15) is 0 Å². The minimum Gasteiger partial charge on any atom is -0.491 e. The molecule has 2 aromatic heterocycles. The second-order valence-electron chi connectivity index (χ2n) is 9.50. The molecule has 10 heteroatoms. The van der Waals surface area contributed by atoms with Crippen LogP contribution in [0.1, 0.15) is 41.9 Å². The topological polar surface area (TPSA) is 104 Å². The van der Waals surface area contributed by atoms with Crippen molar-refractivity contribution in [3.63, 3.8) is 0 Å². The zero-order valence-corrected chi connectivity index (χ0v) is 21.9. The van der Waals surface area contributed by atoms with Crippen LogP contribution in [0.2, 0.25) is 0 Å². The maximum Gasteiger partial charge on any atom is 0.331 e. The van der Waals surface area contributed by atoms with Crippen LogP contribution >= 0.6 is 11.3 Å². The number of anilines is 3. The molecule has 4 heterocycles. The highest BCUT2D eigenvalue weighted by Crippen LogP contribution is 2.46. The highest BCUT2D eigenvalue weighted by molar-refractivity contribution is 7.21. The lowest BCUT2D eigenvalue weighted by atomic mass is 10.1. The van der Waals surface area contributed by atoms with Gasteiger partial charge >= 0.3 is 6.03 Å². The molecule has 1 saturated heterocycles. The number of pyridine rings is 1. The molecule has 9 nitrogen and oxygen atoms in total. The van der Waals surface area contributed by atoms with Crippen LogP contribution < -0.4 is 20.3 Å². The van der Waals surface area contributed by atoms with Crippen LogP contribution in [-0.4, -0.2) is 53.0 Å². The van der Waals surface area contributed by atoms with E-state index in [-0.39, 0.29) is 30.0 Å². The smallest absolute Gasteiger partial charge is 0.331 e. The Balaban J connectivity index is 1.46. The fourth-order valence-electron chi connectivity index (χ4n) is 4.88. The predicted molar refractivity (Wildman–Crippen MR) is 145 cm³/mol. The van der Waals surface area contributed by atoms with E-state index in [4.69, 9.17) is 4.74 Å². The standard InChI is InChI=1S/C27H29N5O4S/c1-5-21(33)31-12-6-7-17(14-31)29-25(34)24-23-22-20(10-11-28-26(22)37-24)32(27(35)30-23)19-9-8-18(13-16(19)4)36-15(2)3/h5,8-11,13,15,17H,1,6-7,12,14H2,2-4H3,(H,29,34)(H,30,35)/t17-/m1/s1. The summed E-state index contributed by atoms with van der Waals surface area (Å²) >= 11 is 1.24. The zero-order valence-electron chi connectivity index (χ0n) is 21.0. The summed E-state index contributed by atoms with van der Waals surface area (Å²) in [7, 11) is 0. The summed E-state index contributed by atoms with van der Waals surface area (Å²) in [6.07, 6.45) is 4.55. The summed E-state index contributed by atoms with van der Waals surface area (Å²) in [5.74, 6) is 0.304. The lowest BCUT2D eigenvalue weighted by Crippen LogP contribution is -2.49. The maximum atomic E-state index is 13.4. The molecule has 3 aromatic rings. The Hall–Kier alpha value is -3.92. The number of amides is 4. The average molecular weight is 520 g/mol. The lowest BCUT2D eigenvalue weighted by molar-refractivity contribution is -0.127. The van der Waals surface area contributed by atoms with Gasteiger partial charge in [0, 0.05) is 25.3 Å². The van der Waals surface area contributed by atoms with E-state index in [9.17, 15) is 14.4 Å². The number of benzene rings is 1. The quantitative estimate of drug-likeness (QED) is 0.447. The normalized spacial score (nSPS) is 17.1. The maximum absolute atomic E-state index is 13.4. The lowest BCUT2D eigenvalue weighted by Gasteiger charge is -2.32. The van der Waals surface area contributed by atoms with Gasteiger partial charge in [0.1, 0.15) is 15.5 Å². The second-order valence-corrected chi connectivity index (χ2v) is 10.5. The summed E-state index contributed by atoms with van der Waals surface area (Å²) in [6, 6.07) is 6.88. The molecule has 0 saturated carbocycles. The van der Waals surface area contributed by atoms with Gasteiger partial charge in [-0.15, -0.1) is 11.3 Å². The van der Waals surface area contributed by atoms with E-state index in [1.54, 1.807) is 22.1 Å². The Morgan fingerprint density at radius 1 is 1.30 bits per heavy atom. The highest BCUT2D eigenvalue weighted by Gasteiger charge is 2.34. The van der Waals surface area contributed by atoms with Gasteiger partial charge in [0.2, 0.25) is 5.91 Å². The van der Waals surface area contributed by atoms with Crippen LogP contribution in [0.5, 0.6) is 5.75 Å². The van der Waals surface area contributed by atoms with Crippen molar-refractivity contribution in [2.75, 3.05) is 23.3 Å². The van der Waals surface area contributed by atoms with Crippen LogP contribution in [0, 0.1) is 6.92 Å². The molecule has 2 N–H and O–H groups in total. The number of carbonyl (C=O) groups excluding carboxylic acids is 3. The molecule has 2 aliphatic rings. The number of nitrogens with zero attached hydrogens (tertiary/aromatic N) is 3. The van der Waals surface area contributed by atoms with Crippen molar-refractivity contribution < 1.29 is 19.1 Å². The van der Waals surface area contributed by atoms with E-state index in [0.29, 0.717) is 34.2 Å². The molecule has 192 valence electrons. The van der Waals surface area contributed by atoms with Crippen LogP contribution in [0.15, 0.2) is 43.1 Å². The number of hydrogen-bond acceptors (Lipinski definition) is 6. The predicted octanol–water partition coefficient (Wildman–Crippen LogP) is 4.98. The number of thiophene rings is 1. The van der Waals surface area contributed by atoms with Gasteiger partial charge in [0.25, 0.3) is 5.91 Å². The van der Waals surface area contributed by atoms with Crippen molar-refractivity contribution in [1.82, 2.24) is 15.2 Å². The number of ether oxygens (including phenoxy) is 1. The van der Waals surface area contributed by atoms with Crippen LogP contribution in [0.4, 0.5) is 21.9 Å². The van der Waals surface area contributed by atoms with E-state index >= 15 is 0 Å². The van der Waals surface area contributed by atoms with Gasteiger partial charge in [0.05, 0.1) is 28.6 Å². The fourth-order valence-corrected chi connectivity index (χ4v) is 5.91. The molecule has 5 rings (SSSR count). The van der Waals surface area contributed by atoms with Gasteiger partial charge in [-0.25, -0.2) is 9.78 Å². The summed E-state index contributed by atoms with van der Waals surface area (Å²) < 4.78 is 5.80. The van der Waals surface area contributed by atoms with E-state index < -0.39 is 0 Å². The van der Waals surface area contributed by atoms with E-state index in [0.717, 1.165) is 35.2 Å². The molecule has 1 atom stereocenters. The molecule has 0 spiro atoms. The Morgan fingerprint density at radius 2 is 2.11 bits per heavy atom. The first-order valence-corrected chi connectivity index (χ1v) is 13.1. The van der Waals surface area contributed by atoms with Gasteiger partial charge in [-0.1, -0.05) is 6.58 Å². The highest BCUT2D eigenvalue weighted by atomic mass is 32.1. The second kappa shape index (κ2) is 9.85. The number of piperidine rings is 1. The number of nitrogens with one attached hydrogen (secondary N) is 2. The van der Waals surface area contributed by atoms with Gasteiger partial charge < -0.3 is 20.3 Å². The first kappa shape index (κ1) is 24.8. The first-order chi connectivity index (χ1) is 17.8. The van der Waals surface area contributed by atoms with Crippen molar-refractivity contribution in [2.24, 2.45) is 0 Å². The van der Waals surface area contributed by atoms with Crippen molar-refractivity contribution in [3.05, 3.63) is 53.6 Å². The third kappa shape index (κ3) is 4.64. The van der Waals surface area contributed by atoms with E-state index in [1.165, 1.54) is 17.4 Å². The molecular weight excluding hydrogens is 490 g/mol. The average Bonchev–Trinajstić information content (AvgIpc) is 3.24. The molecule has 0 aliphatic carbocycles. The summed E-state index contributed by atoms with van der Waals surface area (Å²) in [6.45, 7) is 10.5. The van der Waals surface area contributed by atoms with Crippen LogP contribution in [0.3, 0.4) is 0 Å².